The second-order valence-electron chi connectivity index (χ2n) is 5.25. The number of benzene rings is 1. The summed E-state index contributed by atoms with van der Waals surface area (Å²) in [7, 11) is -3.12. The average molecular weight is 302 g/mol. The molecule has 2 atom stereocenters. The molecule has 1 N–H and O–H groups in total. The standard InChI is InChI=1S/C14H20ClNO2S/c1-19(17,18)13-8-6-12(7-9-13)16-14-5-3-2-4-11(14)10-15/h6-9,11,14,16H,2-5,10H2,1H3. The molecule has 1 aliphatic rings. The van der Waals surface area contributed by atoms with Gasteiger partial charge >= 0.3 is 0 Å². The number of anilines is 1. The van der Waals surface area contributed by atoms with Gasteiger partial charge in [-0.05, 0) is 43.0 Å². The number of nitrogens with one attached hydrogen (secondary N) is 1. The Balaban J connectivity index is 2.06. The fourth-order valence-corrected chi connectivity index (χ4v) is 3.59. The highest BCUT2D eigenvalue weighted by molar-refractivity contribution is 7.90. The van der Waals surface area contributed by atoms with E-state index in [0.29, 0.717) is 22.7 Å². The van der Waals surface area contributed by atoms with E-state index in [1.165, 1.54) is 25.5 Å². The molecule has 0 amide bonds. The molecule has 5 heteroatoms. The predicted molar refractivity (Wildman–Crippen MR) is 79.6 cm³/mol. The van der Waals surface area contributed by atoms with Gasteiger partial charge in [0.1, 0.15) is 0 Å². The van der Waals surface area contributed by atoms with E-state index in [1.807, 2.05) is 12.1 Å². The predicted octanol–water partition coefficient (Wildman–Crippen LogP) is 3.30. The first-order valence-electron chi connectivity index (χ1n) is 6.63. The number of sulfone groups is 1. The highest BCUT2D eigenvalue weighted by Gasteiger charge is 2.24. The fourth-order valence-electron chi connectivity index (χ4n) is 2.59. The number of halogens is 1. The van der Waals surface area contributed by atoms with Crippen LogP contribution in [0, 0.1) is 5.92 Å². The van der Waals surface area contributed by atoms with Crippen LogP contribution >= 0.6 is 11.6 Å². The van der Waals surface area contributed by atoms with Crippen LogP contribution in [0.5, 0.6) is 0 Å². The molecule has 3 nitrogen and oxygen atoms in total. The second-order valence-corrected chi connectivity index (χ2v) is 7.57. The Bertz CT molecular complexity index is 513. The van der Waals surface area contributed by atoms with Gasteiger partial charge in [0.05, 0.1) is 4.90 Å². The van der Waals surface area contributed by atoms with Crippen molar-refractivity contribution in [1.29, 1.82) is 0 Å². The van der Waals surface area contributed by atoms with Gasteiger partial charge in [-0.25, -0.2) is 8.42 Å². The van der Waals surface area contributed by atoms with Crippen LogP contribution in [0.4, 0.5) is 5.69 Å². The van der Waals surface area contributed by atoms with Crippen LogP contribution < -0.4 is 5.32 Å². The van der Waals surface area contributed by atoms with E-state index in [1.54, 1.807) is 12.1 Å². The molecule has 1 aromatic rings. The van der Waals surface area contributed by atoms with E-state index in [4.69, 9.17) is 11.6 Å². The number of alkyl halides is 1. The summed E-state index contributed by atoms with van der Waals surface area (Å²) in [5.41, 5.74) is 0.967. The van der Waals surface area contributed by atoms with Crippen molar-refractivity contribution in [3.63, 3.8) is 0 Å². The van der Waals surface area contributed by atoms with Gasteiger partial charge in [-0.2, -0.15) is 0 Å². The second kappa shape index (κ2) is 6.14. The van der Waals surface area contributed by atoms with Gasteiger partial charge in [0.2, 0.25) is 0 Å². The van der Waals surface area contributed by atoms with Gasteiger partial charge < -0.3 is 5.32 Å². The van der Waals surface area contributed by atoms with Crippen molar-refractivity contribution < 1.29 is 8.42 Å². The third-order valence-electron chi connectivity index (χ3n) is 3.74. The highest BCUT2D eigenvalue weighted by atomic mass is 35.5. The minimum atomic E-state index is -3.12. The lowest BCUT2D eigenvalue weighted by Gasteiger charge is -2.31. The monoisotopic (exact) mass is 301 g/mol. The van der Waals surface area contributed by atoms with Crippen LogP contribution in [-0.4, -0.2) is 26.6 Å². The van der Waals surface area contributed by atoms with Gasteiger partial charge in [-0.1, -0.05) is 12.8 Å². The van der Waals surface area contributed by atoms with Crippen LogP contribution in [0.1, 0.15) is 25.7 Å². The summed E-state index contributed by atoms with van der Waals surface area (Å²) in [6, 6.07) is 7.36. The van der Waals surface area contributed by atoms with E-state index < -0.39 is 9.84 Å². The smallest absolute Gasteiger partial charge is 0.175 e. The average Bonchev–Trinajstić information content (AvgIpc) is 2.39. The minimum absolute atomic E-state index is 0.357. The summed E-state index contributed by atoms with van der Waals surface area (Å²) < 4.78 is 22.8. The Morgan fingerprint density at radius 1 is 1.21 bits per heavy atom. The molecule has 0 heterocycles. The lowest BCUT2D eigenvalue weighted by molar-refractivity contribution is 0.353. The fraction of sp³-hybridized carbons (Fsp3) is 0.571. The van der Waals surface area contributed by atoms with E-state index in [9.17, 15) is 8.42 Å². The summed E-state index contributed by atoms with van der Waals surface area (Å²) in [6.45, 7) is 0. The van der Waals surface area contributed by atoms with E-state index >= 15 is 0 Å². The lowest BCUT2D eigenvalue weighted by atomic mass is 9.85. The molecule has 0 aliphatic heterocycles. The third-order valence-corrected chi connectivity index (χ3v) is 5.27. The first kappa shape index (κ1) is 14.7. The Morgan fingerprint density at radius 2 is 1.84 bits per heavy atom. The van der Waals surface area contributed by atoms with Gasteiger partial charge in [-0.3, -0.25) is 0 Å². The maximum absolute atomic E-state index is 11.4. The van der Waals surface area contributed by atoms with Crippen molar-refractivity contribution in [2.75, 3.05) is 17.5 Å². The van der Waals surface area contributed by atoms with Gasteiger partial charge in [-0.15, -0.1) is 11.6 Å². The molecule has 0 spiro atoms. The third kappa shape index (κ3) is 3.86. The molecule has 2 rings (SSSR count). The summed E-state index contributed by atoms with van der Waals surface area (Å²) >= 11 is 6.01. The maximum atomic E-state index is 11.4. The normalized spacial score (nSPS) is 24.1. The molecule has 1 aliphatic carbocycles. The zero-order valence-corrected chi connectivity index (χ0v) is 12.7. The van der Waals surface area contributed by atoms with E-state index in [2.05, 4.69) is 5.32 Å². The van der Waals surface area contributed by atoms with Crippen LogP contribution in [0.15, 0.2) is 29.2 Å². The van der Waals surface area contributed by atoms with Crippen molar-refractivity contribution in [2.24, 2.45) is 5.92 Å². The largest absolute Gasteiger partial charge is 0.382 e. The van der Waals surface area contributed by atoms with Gasteiger partial charge in [0.25, 0.3) is 0 Å². The van der Waals surface area contributed by atoms with Crippen LogP contribution in [0.25, 0.3) is 0 Å². The summed E-state index contributed by atoms with van der Waals surface area (Å²) in [5, 5.41) is 3.48. The Labute approximate surface area is 120 Å². The van der Waals surface area contributed by atoms with Crippen molar-refractivity contribution in [1.82, 2.24) is 0 Å². The van der Waals surface area contributed by atoms with Crippen molar-refractivity contribution in [3.05, 3.63) is 24.3 Å². The first-order valence-corrected chi connectivity index (χ1v) is 9.06. The van der Waals surface area contributed by atoms with Crippen LogP contribution in [0.2, 0.25) is 0 Å². The zero-order valence-electron chi connectivity index (χ0n) is 11.1. The Hall–Kier alpha value is -0.740. The molecule has 19 heavy (non-hydrogen) atoms. The molecule has 0 bridgehead atoms. The highest BCUT2D eigenvalue weighted by Crippen LogP contribution is 2.28. The molecule has 1 fully saturated rings. The minimum Gasteiger partial charge on any atom is -0.382 e. The molecule has 0 radical (unpaired) electrons. The van der Waals surface area contributed by atoms with Crippen molar-refractivity contribution >= 4 is 27.1 Å². The Kier molecular flexibility index (Phi) is 4.74. The molecule has 106 valence electrons. The van der Waals surface area contributed by atoms with Crippen LogP contribution in [0.3, 0.4) is 0 Å². The first-order chi connectivity index (χ1) is 9.00. The number of hydrogen-bond donors (Lipinski definition) is 1. The summed E-state index contributed by atoms with van der Waals surface area (Å²) in [4.78, 5) is 0.357. The SMILES string of the molecule is CS(=O)(=O)c1ccc(NC2CCCCC2CCl)cc1. The molecular formula is C14H20ClNO2S. The topological polar surface area (TPSA) is 46.2 Å². The van der Waals surface area contributed by atoms with Gasteiger partial charge in [0, 0.05) is 23.9 Å². The van der Waals surface area contributed by atoms with E-state index in [-0.39, 0.29) is 0 Å². The number of rotatable bonds is 4. The summed E-state index contributed by atoms with van der Waals surface area (Å²) in [5.74, 6) is 1.18. The van der Waals surface area contributed by atoms with Crippen molar-refractivity contribution in [2.45, 2.75) is 36.6 Å². The molecular weight excluding hydrogens is 282 g/mol. The lowest BCUT2D eigenvalue weighted by Crippen LogP contribution is -2.33. The number of hydrogen-bond acceptors (Lipinski definition) is 3. The van der Waals surface area contributed by atoms with Crippen molar-refractivity contribution in [3.8, 4) is 0 Å². The molecule has 0 saturated heterocycles. The summed E-state index contributed by atoms with van der Waals surface area (Å²) in [6.07, 6.45) is 6.00. The Morgan fingerprint density at radius 3 is 2.42 bits per heavy atom. The molecule has 1 saturated carbocycles. The van der Waals surface area contributed by atoms with E-state index in [0.717, 1.165) is 12.1 Å². The molecule has 0 aromatic heterocycles. The quantitative estimate of drug-likeness (QED) is 0.868. The maximum Gasteiger partial charge on any atom is 0.175 e. The van der Waals surface area contributed by atoms with Gasteiger partial charge in [0.15, 0.2) is 9.84 Å². The molecule has 1 aromatic carbocycles. The van der Waals surface area contributed by atoms with Crippen LogP contribution in [-0.2, 0) is 9.84 Å². The molecule has 2 unspecified atom stereocenters. The zero-order chi connectivity index (χ0) is 13.9.